The van der Waals surface area contributed by atoms with E-state index in [0.717, 1.165) is 0 Å². The summed E-state index contributed by atoms with van der Waals surface area (Å²) < 4.78 is 35.5. The summed E-state index contributed by atoms with van der Waals surface area (Å²) >= 11 is 0. The van der Waals surface area contributed by atoms with Gasteiger partial charge in [0.15, 0.2) is 0 Å². The molecule has 7 heteroatoms. The van der Waals surface area contributed by atoms with Crippen molar-refractivity contribution in [1.82, 2.24) is 15.5 Å². The third kappa shape index (κ3) is 6.62. The molecule has 0 aliphatic rings. The van der Waals surface area contributed by atoms with Crippen molar-refractivity contribution in [3.05, 3.63) is 0 Å². The fourth-order valence-electron chi connectivity index (χ4n) is 1.02. The summed E-state index contributed by atoms with van der Waals surface area (Å²) in [5.74, 6) is -0.615. The molecule has 16 heavy (non-hydrogen) atoms. The van der Waals surface area contributed by atoms with Crippen molar-refractivity contribution < 1.29 is 18.0 Å². The molecule has 1 amide bonds. The molecule has 0 aliphatic carbocycles. The normalized spacial score (nSPS) is 13.9. The third-order valence-corrected chi connectivity index (χ3v) is 2.22. The van der Waals surface area contributed by atoms with E-state index in [4.69, 9.17) is 0 Å². The Hall–Kier alpha value is -0.820. The van der Waals surface area contributed by atoms with Gasteiger partial charge in [0, 0.05) is 13.1 Å². The molecular formula is C9H18F3N3O. The molecule has 0 saturated carbocycles. The van der Waals surface area contributed by atoms with E-state index < -0.39 is 24.7 Å². The van der Waals surface area contributed by atoms with Crippen LogP contribution in [0.25, 0.3) is 0 Å². The number of likely N-dealkylation sites (N-methyl/N-ethyl adjacent to an activating group) is 2. The second-order valence-corrected chi connectivity index (χ2v) is 3.59. The summed E-state index contributed by atoms with van der Waals surface area (Å²) in [7, 11) is 3.46. The van der Waals surface area contributed by atoms with Crippen molar-refractivity contribution in [1.29, 1.82) is 0 Å². The van der Waals surface area contributed by atoms with Crippen LogP contribution >= 0.6 is 0 Å². The van der Waals surface area contributed by atoms with E-state index in [-0.39, 0.29) is 0 Å². The first-order valence-corrected chi connectivity index (χ1v) is 4.97. The van der Waals surface area contributed by atoms with Gasteiger partial charge < -0.3 is 10.6 Å². The Morgan fingerprint density at radius 3 is 2.44 bits per heavy atom. The zero-order chi connectivity index (χ0) is 12.8. The van der Waals surface area contributed by atoms with Gasteiger partial charge in [-0.15, -0.1) is 0 Å². The molecule has 96 valence electrons. The summed E-state index contributed by atoms with van der Waals surface area (Å²) in [5.41, 5.74) is 0. The highest BCUT2D eigenvalue weighted by Crippen LogP contribution is 2.12. The highest BCUT2D eigenvalue weighted by Gasteiger charge is 2.29. The fraction of sp³-hybridized carbons (Fsp3) is 0.889. The monoisotopic (exact) mass is 241 g/mol. The molecule has 0 radical (unpaired) electrons. The average molecular weight is 241 g/mol. The predicted octanol–water partition coefficient (Wildman–Crippen LogP) is 0.205. The molecule has 0 heterocycles. The standard InChI is InChI=1S/C9H18F3N3O/c1-7(15(3)5-4-13-2)8(16)14-6-9(10,11)12/h7,13H,4-6H2,1-3H3,(H,14,16). The van der Waals surface area contributed by atoms with Gasteiger partial charge in [0.1, 0.15) is 6.54 Å². The third-order valence-electron chi connectivity index (χ3n) is 2.22. The Morgan fingerprint density at radius 2 is 2.00 bits per heavy atom. The molecular weight excluding hydrogens is 223 g/mol. The van der Waals surface area contributed by atoms with Crippen molar-refractivity contribution in [2.24, 2.45) is 0 Å². The first-order chi connectivity index (χ1) is 7.28. The van der Waals surface area contributed by atoms with Crippen LogP contribution in [-0.2, 0) is 4.79 Å². The van der Waals surface area contributed by atoms with Crippen molar-refractivity contribution in [3.8, 4) is 0 Å². The van der Waals surface area contributed by atoms with Crippen molar-refractivity contribution in [2.75, 3.05) is 33.7 Å². The van der Waals surface area contributed by atoms with E-state index >= 15 is 0 Å². The number of nitrogens with one attached hydrogen (secondary N) is 2. The van der Waals surface area contributed by atoms with Crippen molar-refractivity contribution in [3.63, 3.8) is 0 Å². The summed E-state index contributed by atoms with van der Waals surface area (Å²) in [6.45, 7) is 1.56. The first kappa shape index (κ1) is 15.2. The molecule has 0 rings (SSSR count). The zero-order valence-electron chi connectivity index (χ0n) is 9.69. The number of rotatable bonds is 6. The minimum absolute atomic E-state index is 0.573. The van der Waals surface area contributed by atoms with Crippen molar-refractivity contribution >= 4 is 5.91 Å². The van der Waals surface area contributed by atoms with Crippen LogP contribution in [0, 0.1) is 0 Å². The van der Waals surface area contributed by atoms with Gasteiger partial charge in [0.05, 0.1) is 6.04 Å². The van der Waals surface area contributed by atoms with Crippen LogP contribution in [-0.4, -0.2) is 56.8 Å². The summed E-state index contributed by atoms with van der Waals surface area (Å²) in [6.07, 6.45) is -4.36. The SMILES string of the molecule is CNCCN(C)C(C)C(=O)NCC(F)(F)F. The number of halogens is 3. The number of hydrogen-bond acceptors (Lipinski definition) is 3. The van der Waals surface area contributed by atoms with Gasteiger partial charge in [-0.25, -0.2) is 0 Å². The highest BCUT2D eigenvalue weighted by atomic mass is 19.4. The first-order valence-electron chi connectivity index (χ1n) is 4.97. The van der Waals surface area contributed by atoms with Gasteiger partial charge >= 0.3 is 6.18 Å². The largest absolute Gasteiger partial charge is 0.405 e. The van der Waals surface area contributed by atoms with E-state index in [1.807, 2.05) is 5.32 Å². The summed E-state index contributed by atoms with van der Waals surface area (Å²) in [4.78, 5) is 13.0. The lowest BCUT2D eigenvalue weighted by Gasteiger charge is -2.23. The van der Waals surface area contributed by atoms with E-state index in [1.54, 1.807) is 25.9 Å². The minimum atomic E-state index is -4.36. The van der Waals surface area contributed by atoms with Gasteiger partial charge in [-0.2, -0.15) is 13.2 Å². The Labute approximate surface area is 93.2 Å². The van der Waals surface area contributed by atoms with E-state index in [2.05, 4.69) is 5.32 Å². The average Bonchev–Trinajstić information content (AvgIpc) is 2.20. The molecule has 0 aromatic carbocycles. The maximum Gasteiger partial charge on any atom is 0.405 e. The topological polar surface area (TPSA) is 44.4 Å². The molecule has 0 bridgehead atoms. The van der Waals surface area contributed by atoms with Crippen LogP contribution in [0.4, 0.5) is 13.2 Å². The molecule has 0 aromatic rings. The zero-order valence-corrected chi connectivity index (χ0v) is 9.69. The maximum atomic E-state index is 11.8. The Kier molecular flexibility index (Phi) is 6.35. The number of carbonyl (C=O) groups is 1. The molecule has 0 fully saturated rings. The Balaban J connectivity index is 3.98. The lowest BCUT2D eigenvalue weighted by molar-refractivity contribution is -0.141. The number of alkyl halides is 3. The lowest BCUT2D eigenvalue weighted by Crippen LogP contribution is -2.47. The van der Waals surface area contributed by atoms with Gasteiger partial charge in [-0.3, -0.25) is 9.69 Å². The van der Waals surface area contributed by atoms with Crippen LogP contribution < -0.4 is 10.6 Å². The van der Waals surface area contributed by atoms with E-state index in [0.29, 0.717) is 13.1 Å². The van der Waals surface area contributed by atoms with Gasteiger partial charge in [0.2, 0.25) is 5.91 Å². The number of amides is 1. The number of nitrogens with zero attached hydrogens (tertiary/aromatic N) is 1. The molecule has 0 saturated heterocycles. The van der Waals surface area contributed by atoms with Crippen LogP contribution in [0.15, 0.2) is 0 Å². The second-order valence-electron chi connectivity index (χ2n) is 3.59. The minimum Gasteiger partial charge on any atom is -0.346 e. The van der Waals surface area contributed by atoms with E-state index in [1.165, 1.54) is 0 Å². The maximum absolute atomic E-state index is 11.8. The van der Waals surface area contributed by atoms with Crippen LogP contribution in [0.1, 0.15) is 6.92 Å². The molecule has 2 N–H and O–H groups in total. The van der Waals surface area contributed by atoms with Crippen LogP contribution in [0.2, 0.25) is 0 Å². The molecule has 0 aliphatic heterocycles. The van der Waals surface area contributed by atoms with Gasteiger partial charge in [-0.05, 0) is 21.0 Å². The molecule has 4 nitrogen and oxygen atoms in total. The summed E-state index contributed by atoms with van der Waals surface area (Å²) in [5, 5.41) is 4.75. The van der Waals surface area contributed by atoms with Gasteiger partial charge in [-0.1, -0.05) is 0 Å². The highest BCUT2D eigenvalue weighted by molar-refractivity contribution is 5.81. The second kappa shape index (κ2) is 6.70. The van der Waals surface area contributed by atoms with Crippen LogP contribution in [0.3, 0.4) is 0 Å². The molecule has 0 spiro atoms. The Bertz CT molecular complexity index is 221. The van der Waals surface area contributed by atoms with Gasteiger partial charge in [0.25, 0.3) is 0 Å². The quantitative estimate of drug-likeness (QED) is 0.698. The number of hydrogen-bond donors (Lipinski definition) is 2. The summed E-state index contributed by atoms with van der Waals surface area (Å²) in [6, 6.07) is -0.573. The Morgan fingerprint density at radius 1 is 1.44 bits per heavy atom. The molecule has 1 unspecified atom stereocenters. The van der Waals surface area contributed by atoms with Crippen LogP contribution in [0.5, 0.6) is 0 Å². The molecule has 0 aromatic heterocycles. The fourth-order valence-corrected chi connectivity index (χ4v) is 1.02. The van der Waals surface area contributed by atoms with Crippen molar-refractivity contribution in [2.45, 2.75) is 19.1 Å². The van der Waals surface area contributed by atoms with E-state index in [9.17, 15) is 18.0 Å². The lowest BCUT2D eigenvalue weighted by atomic mass is 10.2. The predicted molar refractivity (Wildman–Crippen MR) is 55.1 cm³/mol. The smallest absolute Gasteiger partial charge is 0.346 e. The molecule has 1 atom stereocenters. The number of carbonyl (C=O) groups excluding carboxylic acids is 1.